The molecule has 0 N–H and O–H groups in total. The van der Waals surface area contributed by atoms with Crippen LogP contribution in [-0.4, -0.2) is 47.3 Å². The topological polar surface area (TPSA) is 40.6 Å². The molecule has 28 heavy (non-hydrogen) atoms. The van der Waals surface area contributed by atoms with Crippen LogP contribution in [0.5, 0.6) is 0 Å². The maximum atomic E-state index is 13.1. The molecule has 1 unspecified atom stereocenters. The van der Waals surface area contributed by atoms with Crippen LogP contribution in [0.15, 0.2) is 48.5 Å². The van der Waals surface area contributed by atoms with Crippen molar-refractivity contribution < 1.29 is 9.59 Å². The molecular weight excluding hydrogens is 348 g/mol. The molecule has 0 aromatic heterocycles. The summed E-state index contributed by atoms with van der Waals surface area (Å²) in [5.74, 6) is 0.260. The lowest BCUT2D eigenvalue weighted by molar-refractivity contribution is -0.131. The number of benzene rings is 2. The van der Waals surface area contributed by atoms with Crippen LogP contribution in [0, 0.1) is 13.8 Å². The minimum Gasteiger partial charge on any atom is -0.339 e. The van der Waals surface area contributed by atoms with E-state index in [9.17, 15) is 9.59 Å². The fraction of sp³-hybridized carbons (Fsp3) is 0.417. The number of aryl methyl sites for hydroxylation is 1. The van der Waals surface area contributed by atoms with Gasteiger partial charge in [0, 0.05) is 31.2 Å². The highest BCUT2D eigenvalue weighted by atomic mass is 16.2. The number of likely N-dealkylation sites (N-methyl/N-ethyl adjacent to an activating group) is 1. The van der Waals surface area contributed by atoms with Gasteiger partial charge in [-0.05, 0) is 55.9 Å². The van der Waals surface area contributed by atoms with Gasteiger partial charge in [0.2, 0.25) is 5.91 Å². The first-order valence-electron chi connectivity index (χ1n) is 10.1. The predicted molar refractivity (Wildman–Crippen MR) is 110 cm³/mol. The number of amides is 2. The molecule has 1 spiro atoms. The Morgan fingerprint density at radius 1 is 1.00 bits per heavy atom. The lowest BCUT2D eigenvalue weighted by atomic mass is 9.81. The van der Waals surface area contributed by atoms with Crippen LogP contribution in [0.3, 0.4) is 0 Å². The Bertz CT molecular complexity index is 898. The lowest BCUT2D eigenvalue weighted by Gasteiger charge is -2.43. The van der Waals surface area contributed by atoms with Crippen LogP contribution in [-0.2, 0) is 4.79 Å². The van der Waals surface area contributed by atoms with E-state index in [4.69, 9.17) is 0 Å². The van der Waals surface area contributed by atoms with Crippen molar-refractivity contribution >= 4 is 11.8 Å². The second-order valence-corrected chi connectivity index (χ2v) is 8.33. The molecule has 146 valence electrons. The van der Waals surface area contributed by atoms with Crippen LogP contribution in [0.2, 0.25) is 0 Å². The Kier molecular flexibility index (Phi) is 4.74. The fourth-order valence-electron chi connectivity index (χ4n) is 4.84. The highest BCUT2D eigenvalue weighted by Crippen LogP contribution is 2.45. The largest absolute Gasteiger partial charge is 0.339 e. The summed E-state index contributed by atoms with van der Waals surface area (Å²) in [6, 6.07) is 16.0. The smallest absolute Gasteiger partial charge is 0.254 e. The Hall–Kier alpha value is -2.62. The molecule has 2 aromatic rings. The third-order valence-corrected chi connectivity index (χ3v) is 6.94. The molecule has 4 nitrogen and oxygen atoms in total. The SMILES string of the molecule is Cc1cccc(C(=O)N2CCC3(CC2)CC(c2ccccc2)C(=O)N3C)c1C. The van der Waals surface area contributed by atoms with Gasteiger partial charge >= 0.3 is 0 Å². The summed E-state index contributed by atoms with van der Waals surface area (Å²) in [5, 5.41) is 0. The van der Waals surface area contributed by atoms with Crippen LogP contribution in [0.1, 0.15) is 52.2 Å². The Balaban J connectivity index is 1.50. The number of carbonyl (C=O) groups is 2. The normalized spacial score (nSPS) is 21.4. The molecule has 2 aliphatic heterocycles. The van der Waals surface area contributed by atoms with Gasteiger partial charge in [-0.2, -0.15) is 0 Å². The van der Waals surface area contributed by atoms with Gasteiger partial charge in [-0.1, -0.05) is 42.5 Å². The summed E-state index contributed by atoms with van der Waals surface area (Å²) < 4.78 is 0. The monoisotopic (exact) mass is 376 g/mol. The molecule has 2 saturated heterocycles. The first-order chi connectivity index (χ1) is 13.4. The van der Waals surface area contributed by atoms with Gasteiger partial charge in [-0.25, -0.2) is 0 Å². The summed E-state index contributed by atoms with van der Waals surface area (Å²) in [6.45, 7) is 5.46. The average molecular weight is 377 g/mol. The average Bonchev–Trinajstić information content (AvgIpc) is 2.96. The number of likely N-dealkylation sites (tertiary alicyclic amines) is 2. The maximum Gasteiger partial charge on any atom is 0.254 e. The third kappa shape index (κ3) is 3.01. The van der Waals surface area contributed by atoms with Crippen molar-refractivity contribution in [2.45, 2.75) is 44.6 Å². The summed E-state index contributed by atoms with van der Waals surface area (Å²) in [6.07, 6.45) is 2.53. The van der Waals surface area contributed by atoms with Gasteiger partial charge in [0.25, 0.3) is 5.91 Å². The number of rotatable bonds is 2. The number of carbonyl (C=O) groups excluding carboxylic acids is 2. The van der Waals surface area contributed by atoms with E-state index < -0.39 is 0 Å². The molecule has 2 fully saturated rings. The van der Waals surface area contributed by atoms with E-state index in [-0.39, 0.29) is 23.3 Å². The van der Waals surface area contributed by atoms with E-state index in [1.54, 1.807) is 0 Å². The molecule has 2 heterocycles. The van der Waals surface area contributed by atoms with Crippen molar-refractivity contribution in [3.63, 3.8) is 0 Å². The second-order valence-electron chi connectivity index (χ2n) is 8.33. The highest BCUT2D eigenvalue weighted by Gasteiger charge is 2.50. The number of nitrogens with zero attached hydrogens (tertiary/aromatic N) is 2. The molecule has 0 aliphatic carbocycles. The minimum atomic E-state index is -0.129. The first-order valence-corrected chi connectivity index (χ1v) is 10.1. The van der Waals surface area contributed by atoms with Crippen molar-refractivity contribution in [2.75, 3.05) is 20.1 Å². The van der Waals surface area contributed by atoms with Gasteiger partial charge in [0.05, 0.1) is 5.92 Å². The van der Waals surface area contributed by atoms with E-state index in [1.807, 2.05) is 67.1 Å². The maximum absolute atomic E-state index is 13.1. The van der Waals surface area contributed by atoms with Gasteiger partial charge in [-0.15, -0.1) is 0 Å². The van der Waals surface area contributed by atoms with Gasteiger partial charge in [0.1, 0.15) is 0 Å². The zero-order chi connectivity index (χ0) is 19.9. The molecule has 4 heteroatoms. The Morgan fingerprint density at radius 3 is 2.36 bits per heavy atom. The van der Waals surface area contributed by atoms with Crippen LogP contribution in [0.4, 0.5) is 0 Å². The van der Waals surface area contributed by atoms with Crippen molar-refractivity contribution in [3.8, 4) is 0 Å². The molecule has 2 aliphatic rings. The van der Waals surface area contributed by atoms with Crippen molar-refractivity contribution in [2.24, 2.45) is 0 Å². The van der Waals surface area contributed by atoms with E-state index in [2.05, 4.69) is 12.1 Å². The van der Waals surface area contributed by atoms with Crippen molar-refractivity contribution in [1.29, 1.82) is 0 Å². The van der Waals surface area contributed by atoms with Crippen LogP contribution >= 0.6 is 0 Å². The predicted octanol–water partition coefficient (Wildman–Crippen LogP) is 3.92. The van der Waals surface area contributed by atoms with E-state index >= 15 is 0 Å². The lowest BCUT2D eigenvalue weighted by Crippen LogP contribution is -2.52. The number of hydrogen-bond acceptors (Lipinski definition) is 2. The molecule has 0 radical (unpaired) electrons. The van der Waals surface area contributed by atoms with Gasteiger partial charge in [-0.3, -0.25) is 9.59 Å². The van der Waals surface area contributed by atoms with E-state index in [0.29, 0.717) is 13.1 Å². The molecule has 4 rings (SSSR count). The second kappa shape index (κ2) is 7.08. The zero-order valence-corrected chi connectivity index (χ0v) is 16.9. The van der Waals surface area contributed by atoms with Gasteiger partial charge in [0.15, 0.2) is 0 Å². The Morgan fingerprint density at radius 2 is 1.68 bits per heavy atom. The van der Waals surface area contributed by atoms with Crippen molar-refractivity contribution in [3.05, 3.63) is 70.8 Å². The molecule has 2 amide bonds. The van der Waals surface area contributed by atoms with E-state index in [0.717, 1.165) is 41.5 Å². The quantitative estimate of drug-likeness (QED) is 0.797. The van der Waals surface area contributed by atoms with E-state index in [1.165, 1.54) is 0 Å². The standard InChI is InChI=1S/C24H28N2O2/c1-17-8-7-11-20(18(17)2)23(28)26-14-12-24(13-15-26)16-21(22(27)25(24)3)19-9-5-4-6-10-19/h4-11,21H,12-16H2,1-3H3. The summed E-state index contributed by atoms with van der Waals surface area (Å²) in [4.78, 5) is 29.9. The van der Waals surface area contributed by atoms with Gasteiger partial charge < -0.3 is 9.80 Å². The third-order valence-electron chi connectivity index (χ3n) is 6.94. The molecule has 1 atom stereocenters. The number of piperidine rings is 1. The summed E-state index contributed by atoms with van der Waals surface area (Å²) >= 11 is 0. The fourth-order valence-corrected chi connectivity index (χ4v) is 4.84. The van der Waals surface area contributed by atoms with Crippen LogP contribution in [0.25, 0.3) is 0 Å². The molecule has 0 bridgehead atoms. The first kappa shape index (κ1) is 18.7. The molecular formula is C24H28N2O2. The molecule has 0 saturated carbocycles. The minimum absolute atomic E-state index is 0.0625. The zero-order valence-electron chi connectivity index (χ0n) is 16.9. The Labute approximate surface area is 167 Å². The van der Waals surface area contributed by atoms with Crippen LogP contribution < -0.4 is 0 Å². The summed E-state index contributed by atoms with van der Waals surface area (Å²) in [5.41, 5.74) is 3.98. The highest BCUT2D eigenvalue weighted by molar-refractivity contribution is 5.96. The van der Waals surface area contributed by atoms with Crippen molar-refractivity contribution in [1.82, 2.24) is 9.80 Å². The molecule has 2 aromatic carbocycles. The number of hydrogen-bond donors (Lipinski definition) is 0. The summed E-state index contributed by atoms with van der Waals surface area (Å²) in [7, 11) is 1.94.